The number of hydrogen-bond donors (Lipinski definition) is 4. The summed E-state index contributed by atoms with van der Waals surface area (Å²) in [4.78, 5) is 14.1. The first-order chi connectivity index (χ1) is 20.2. The van der Waals surface area contributed by atoms with Gasteiger partial charge < -0.3 is 20.9 Å². The number of aryl methyl sites for hydroxylation is 1. The molecular formula is C33H48N6O3S. The molecule has 0 aliphatic carbocycles. The van der Waals surface area contributed by atoms with Gasteiger partial charge in [-0.2, -0.15) is 0 Å². The lowest BCUT2D eigenvalue weighted by molar-refractivity contribution is -0.117. The Morgan fingerprint density at radius 2 is 1.65 bits per heavy atom. The minimum atomic E-state index is -4.05. The van der Waals surface area contributed by atoms with Crippen LogP contribution in [0.5, 0.6) is 0 Å². The highest BCUT2D eigenvalue weighted by atomic mass is 32.2. The van der Waals surface area contributed by atoms with E-state index in [1.165, 1.54) is 0 Å². The molecular weight excluding hydrogens is 560 g/mol. The normalized spacial score (nSPS) is 16.0. The first-order valence-corrected chi connectivity index (χ1v) is 16.9. The summed E-state index contributed by atoms with van der Waals surface area (Å²) in [6, 6.07) is 11.9. The van der Waals surface area contributed by atoms with Crippen molar-refractivity contribution in [2.24, 2.45) is 17.4 Å². The summed E-state index contributed by atoms with van der Waals surface area (Å²) >= 11 is 0. The maximum Gasteiger partial charge on any atom is 0.263 e. The van der Waals surface area contributed by atoms with Gasteiger partial charge in [-0.05, 0) is 65.7 Å². The topological polar surface area (TPSA) is 147 Å². The first-order valence-electron chi connectivity index (χ1n) is 15.4. The van der Waals surface area contributed by atoms with E-state index >= 15 is 0 Å². The number of likely N-dealkylation sites (tertiary alicyclic amines) is 1. The number of amides is 1. The molecule has 3 aromatic rings. The van der Waals surface area contributed by atoms with Crippen LogP contribution in [0.1, 0.15) is 101 Å². The molecule has 2 aromatic carbocycles. The van der Waals surface area contributed by atoms with Gasteiger partial charge in [0.1, 0.15) is 5.82 Å². The number of nitrogens with two attached hydrogens (primary N) is 2. The number of carbonyl (C=O) groups is 1. The van der Waals surface area contributed by atoms with Crippen molar-refractivity contribution < 1.29 is 13.2 Å². The number of primary amides is 1. The van der Waals surface area contributed by atoms with Gasteiger partial charge in [0, 0.05) is 42.5 Å². The summed E-state index contributed by atoms with van der Waals surface area (Å²) in [7, 11) is -4.05. The van der Waals surface area contributed by atoms with Crippen molar-refractivity contribution in [3.8, 4) is 0 Å². The van der Waals surface area contributed by atoms with Gasteiger partial charge >= 0.3 is 0 Å². The Morgan fingerprint density at radius 1 is 1.02 bits per heavy atom. The molecule has 10 heteroatoms. The molecule has 4 rings (SSSR count). The first kappa shape index (κ1) is 32.4. The van der Waals surface area contributed by atoms with Crippen molar-refractivity contribution in [3.63, 3.8) is 0 Å². The van der Waals surface area contributed by atoms with E-state index in [-0.39, 0.29) is 36.1 Å². The van der Waals surface area contributed by atoms with E-state index in [2.05, 4.69) is 18.6 Å². The van der Waals surface area contributed by atoms with E-state index in [4.69, 9.17) is 16.9 Å². The molecule has 43 heavy (non-hydrogen) atoms. The van der Waals surface area contributed by atoms with Gasteiger partial charge in [-0.25, -0.2) is 8.42 Å². The van der Waals surface area contributed by atoms with Gasteiger partial charge in [-0.15, -0.1) is 0 Å². The number of anilines is 1. The predicted molar refractivity (Wildman–Crippen MR) is 175 cm³/mol. The number of piperidine rings is 1. The van der Waals surface area contributed by atoms with Crippen molar-refractivity contribution in [1.82, 2.24) is 9.47 Å². The fourth-order valence-corrected chi connectivity index (χ4v) is 8.05. The third-order valence-electron chi connectivity index (χ3n) is 8.58. The molecule has 1 atom stereocenters. The molecule has 0 saturated carbocycles. The second-order valence-corrected chi connectivity index (χ2v) is 14.5. The molecule has 2 heterocycles. The second-order valence-electron chi connectivity index (χ2n) is 12.9. The van der Waals surface area contributed by atoms with Crippen LogP contribution in [0.25, 0.3) is 10.9 Å². The maximum absolute atomic E-state index is 14.6. The van der Waals surface area contributed by atoms with Crippen LogP contribution < -0.4 is 16.2 Å². The Morgan fingerprint density at radius 3 is 2.21 bits per heavy atom. The average Bonchev–Trinajstić information content (AvgIpc) is 3.22. The number of para-hydroxylation sites is 1. The Kier molecular flexibility index (Phi) is 9.79. The molecule has 0 bridgehead atoms. The lowest BCUT2D eigenvalue weighted by atomic mass is 9.89. The summed E-state index contributed by atoms with van der Waals surface area (Å²) in [6.07, 6.45) is 2.24. The largest absolute Gasteiger partial charge is 0.370 e. The smallest absolute Gasteiger partial charge is 0.263 e. The molecule has 234 valence electrons. The molecule has 1 aromatic heterocycles. The Hall–Kier alpha value is -3.53. The molecule has 1 aliphatic heterocycles. The van der Waals surface area contributed by atoms with E-state index in [0.717, 1.165) is 52.5 Å². The van der Waals surface area contributed by atoms with Crippen molar-refractivity contribution in [3.05, 3.63) is 58.7 Å². The average molecular weight is 609 g/mol. The van der Waals surface area contributed by atoms with Crippen molar-refractivity contribution in [2.75, 3.05) is 17.8 Å². The lowest BCUT2D eigenvalue weighted by Gasteiger charge is -2.33. The number of benzene rings is 2. The molecule has 0 radical (unpaired) electrons. The maximum atomic E-state index is 14.6. The van der Waals surface area contributed by atoms with Gasteiger partial charge in [-0.3, -0.25) is 14.9 Å². The number of fused-ring (bicyclic) bond motifs is 1. The highest BCUT2D eigenvalue weighted by Gasteiger charge is 2.31. The minimum Gasteiger partial charge on any atom is -0.370 e. The second kappa shape index (κ2) is 13.0. The van der Waals surface area contributed by atoms with E-state index in [0.29, 0.717) is 30.2 Å². The quantitative estimate of drug-likeness (QED) is 0.160. The molecule has 1 aliphatic rings. The predicted octanol–water partition coefficient (Wildman–Crippen LogP) is 5.84. The number of guanidine groups is 1. The van der Waals surface area contributed by atoms with Gasteiger partial charge in [0.15, 0.2) is 5.96 Å². The van der Waals surface area contributed by atoms with Gasteiger partial charge in [-0.1, -0.05) is 71.9 Å². The van der Waals surface area contributed by atoms with Crippen LogP contribution in [0, 0.1) is 11.3 Å². The monoisotopic (exact) mass is 608 g/mol. The van der Waals surface area contributed by atoms with Crippen molar-refractivity contribution >= 4 is 38.6 Å². The highest BCUT2D eigenvalue weighted by Crippen LogP contribution is 2.39. The van der Waals surface area contributed by atoms with Crippen molar-refractivity contribution in [1.29, 1.82) is 5.41 Å². The fourth-order valence-electron chi connectivity index (χ4n) is 6.25. The minimum absolute atomic E-state index is 0.0113. The van der Waals surface area contributed by atoms with Gasteiger partial charge in [0.25, 0.3) is 10.0 Å². The summed E-state index contributed by atoms with van der Waals surface area (Å²) in [5.41, 5.74) is 15.8. The van der Waals surface area contributed by atoms with E-state index in [1.54, 1.807) is 0 Å². The summed E-state index contributed by atoms with van der Waals surface area (Å²) < 4.78 is 34.3. The van der Waals surface area contributed by atoms with Crippen LogP contribution in [0.15, 0.2) is 41.3 Å². The molecule has 1 saturated heterocycles. The third-order valence-corrected chi connectivity index (χ3v) is 10.0. The number of carbonyl (C=O) groups excluding carboxylic acids is 1. The van der Waals surface area contributed by atoms with Crippen LogP contribution in [-0.4, -0.2) is 42.8 Å². The van der Waals surface area contributed by atoms with Crippen LogP contribution in [0.2, 0.25) is 0 Å². The zero-order valence-corrected chi connectivity index (χ0v) is 27.2. The summed E-state index contributed by atoms with van der Waals surface area (Å²) in [5.74, 6) is 0.474. The highest BCUT2D eigenvalue weighted by molar-refractivity contribution is 7.92. The Balaban J connectivity index is 1.92. The number of nitrogens with zero attached hydrogens (tertiary/aromatic N) is 2. The van der Waals surface area contributed by atoms with Crippen LogP contribution in [-0.2, 0) is 27.8 Å². The van der Waals surface area contributed by atoms with E-state index < -0.39 is 15.9 Å². The number of hydrogen-bond acceptors (Lipinski definition) is 4. The zero-order valence-electron chi connectivity index (χ0n) is 26.4. The molecule has 6 N–H and O–H groups in total. The SMILES string of the molecule is CC(C)c1cc(C(C)C)c(S(=O)(=O)Nc2c(CCC(N)=O)c3ccccc3n2C[C@@H]2CCCN(C(=N)N)C2)c(C(C)C)c1. The fraction of sp³-hybridized carbons (Fsp3) is 0.515. The Labute approximate surface area is 256 Å². The molecule has 1 fully saturated rings. The molecule has 9 nitrogen and oxygen atoms in total. The lowest BCUT2D eigenvalue weighted by Crippen LogP contribution is -2.44. The number of sulfonamides is 1. The zero-order chi connectivity index (χ0) is 31.6. The summed E-state index contributed by atoms with van der Waals surface area (Å²) in [5, 5.41) is 8.85. The third kappa shape index (κ3) is 7.00. The number of nitrogens with one attached hydrogen (secondary N) is 2. The van der Waals surface area contributed by atoms with Crippen LogP contribution in [0.4, 0.5) is 5.82 Å². The number of aromatic nitrogens is 1. The van der Waals surface area contributed by atoms with Crippen LogP contribution >= 0.6 is 0 Å². The van der Waals surface area contributed by atoms with Gasteiger partial charge in [0.2, 0.25) is 5.91 Å². The van der Waals surface area contributed by atoms with Crippen molar-refractivity contribution in [2.45, 2.75) is 96.4 Å². The Bertz CT molecular complexity index is 1580. The molecule has 1 amide bonds. The van der Waals surface area contributed by atoms with Crippen LogP contribution in [0.3, 0.4) is 0 Å². The molecule has 0 spiro atoms. The standard InChI is InChI=1S/C33H48N6O3S/c1-20(2)24-16-27(21(3)4)31(28(17-24)22(5)6)43(41,42)37-32-26(13-14-30(34)40)25-11-7-8-12-29(25)39(32)19-23-10-9-15-38(18-23)33(35)36/h7-8,11-12,16-17,20-23,37H,9-10,13-15,18-19H2,1-6H3,(H2,34,40)(H3,35,36)/t23-/m1/s1. The van der Waals surface area contributed by atoms with Gasteiger partial charge in [0.05, 0.1) is 4.90 Å². The summed E-state index contributed by atoms with van der Waals surface area (Å²) in [6.45, 7) is 14.3. The van der Waals surface area contributed by atoms with E-state index in [9.17, 15) is 13.2 Å². The number of rotatable bonds is 11. The van der Waals surface area contributed by atoms with E-state index in [1.807, 2.05) is 73.6 Å². The molecule has 0 unspecified atom stereocenters.